The molecule has 1 amide bonds. The molecule has 1 fully saturated rings. The summed E-state index contributed by atoms with van der Waals surface area (Å²) in [5.74, 6) is 1.94. The molecule has 2 heteroatoms. The summed E-state index contributed by atoms with van der Waals surface area (Å²) in [6, 6.07) is 0. The third-order valence-electron chi connectivity index (χ3n) is 4.74. The lowest BCUT2D eigenvalue weighted by Gasteiger charge is -2.25. The number of rotatable bonds is 6. The van der Waals surface area contributed by atoms with Crippen molar-refractivity contribution in [2.24, 2.45) is 17.8 Å². The topological polar surface area (TPSA) is 20.3 Å². The first-order valence-electron chi connectivity index (χ1n) is 8.58. The van der Waals surface area contributed by atoms with Crippen molar-refractivity contribution in [2.75, 3.05) is 13.1 Å². The van der Waals surface area contributed by atoms with E-state index in [2.05, 4.69) is 44.7 Å². The lowest BCUT2D eigenvalue weighted by molar-refractivity contribution is -0.132. The molecule has 2 aliphatic carbocycles. The van der Waals surface area contributed by atoms with Crippen LogP contribution in [-0.4, -0.2) is 23.9 Å². The van der Waals surface area contributed by atoms with Gasteiger partial charge in [-0.05, 0) is 57.8 Å². The Morgan fingerprint density at radius 2 is 2.05 bits per heavy atom. The van der Waals surface area contributed by atoms with E-state index in [1.54, 1.807) is 0 Å². The molecule has 0 spiro atoms. The van der Waals surface area contributed by atoms with Gasteiger partial charge >= 0.3 is 0 Å². The maximum atomic E-state index is 12.4. The molecule has 0 saturated heterocycles. The fourth-order valence-electron chi connectivity index (χ4n) is 3.08. The third-order valence-corrected chi connectivity index (χ3v) is 4.74. The molecule has 0 radical (unpaired) electrons. The quantitative estimate of drug-likeness (QED) is 0.656. The number of hydrogen-bond donors (Lipinski definition) is 0. The van der Waals surface area contributed by atoms with Gasteiger partial charge in [-0.3, -0.25) is 4.79 Å². The highest BCUT2D eigenvalue weighted by Gasteiger charge is 2.33. The second-order valence-electron chi connectivity index (χ2n) is 7.38. The Balaban J connectivity index is 1.92. The Morgan fingerprint density at radius 3 is 2.57 bits per heavy atom. The zero-order valence-electron chi connectivity index (χ0n) is 14.2. The van der Waals surface area contributed by atoms with Gasteiger partial charge in [0, 0.05) is 19.0 Å². The molecule has 0 aromatic heterocycles. The minimum absolute atomic E-state index is 0.331. The zero-order chi connectivity index (χ0) is 15.4. The minimum Gasteiger partial charge on any atom is -0.338 e. The van der Waals surface area contributed by atoms with E-state index >= 15 is 0 Å². The van der Waals surface area contributed by atoms with Gasteiger partial charge in [-0.1, -0.05) is 37.1 Å². The van der Waals surface area contributed by atoms with Gasteiger partial charge in [0.25, 0.3) is 0 Å². The Kier molecular flexibility index (Phi) is 5.66. The molecule has 0 N–H and O–H groups in total. The first-order valence-corrected chi connectivity index (χ1v) is 8.58. The van der Waals surface area contributed by atoms with Crippen LogP contribution in [0.5, 0.6) is 0 Å². The molecule has 2 rings (SSSR count). The third kappa shape index (κ3) is 5.01. The summed E-state index contributed by atoms with van der Waals surface area (Å²) in [6.45, 7) is 10.6. The van der Waals surface area contributed by atoms with Crippen LogP contribution in [0.3, 0.4) is 0 Å². The van der Waals surface area contributed by atoms with Crippen LogP contribution in [0.4, 0.5) is 0 Å². The Bertz CT molecular complexity index is 429. The van der Waals surface area contributed by atoms with Crippen molar-refractivity contribution in [3.63, 3.8) is 0 Å². The van der Waals surface area contributed by atoms with E-state index in [0.29, 0.717) is 23.7 Å². The van der Waals surface area contributed by atoms with E-state index in [-0.39, 0.29) is 0 Å². The van der Waals surface area contributed by atoms with Gasteiger partial charge < -0.3 is 4.90 Å². The molecule has 1 atom stereocenters. The van der Waals surface area contributed by atoms with Crippen LogP contribution >= 0.6 is 0 Å². The van der Waals surface area contributed by atoms with E-state index in [1.807, 2.05) is 0 Å². The van der Waals surface area contributed by atoms with Gasteiger partial charge in [-0.2, -0.15) is 0 Å². The zero-order valence-corrected chi connectivity index (χ0v) is 14.2. The molecule has 0 aliphatic heterocycles. The first kappa shape index (κ1) is 16.3. The highest BCUT2D eigenvalue weighted by molar-refractivity contribution is 5.81. The summed E-state index contributed by atoms with van der Waals surface area (Å²) in [5, 5.41) is 0. The number of nitrogens with zero attached hydrogens (tertiary/aromatic N) is 1. The first-order chi connectivity index (χ1) is 9.97. The van der Waals surface area contributed by atoms with Crippen molar-refractivity contribution in [3.05, 3.63) is 23.3 Å². The Labute approximate surface area is 130 Å². The SMILES string of the molecule is CC1=CCC(/C(C)=C/CN(CC(C)C)C(=O)C2CC2)CC1. The second-order valence-corrected chi connectivity index (χ2v) is 7.38. The van der Waals surface area contributed by atoms with Crippen LogP contribution in [0.1, 0.15) is 59.8 Å². The maximum absolute atomic E-state index is 12.4. The predicted octanol–water partition coefficient (Wildman–Crippen LogP) is 4.57. The lowest BCUT2D eigenvalue weighted by Crippen LogP contribution is -2.35. The number of amides is 1. The largest absolute Gasteiger partial charge is 0.338 e. The number of carbonyl (C=O) groups is 1. The Hall–Kier alpha value is -1.05. The molecular formula is C19H31NO. The van der Waals surface area contributed by atoms with Crippen LogP contribution in [0, 0.1) is 17.8 Å². The van der Waals surface area contributed by atoms with Gasteiger partial charge in [-0.15, -0.1) is 0 Å². The smallest absolute Gasteiger partial charge is 0.225 e. The fraction of sp³-hybridized carbons (Fsp3) is 0.737. The summed E-state index contributed by atoms with van der Waals surface area (Å²) < 4.78 is 0. The highest BCUT2D eigenvalue weighted by atomic mass is 16.2. The van der Waals surface area contributed by atoms with Crippen LogP contribution < -0.4 is 0 Å². The van der Waals surface area contributed by atoms with E-state index in [9.17, 15) is 4.79 Å². The maximum Gasteiger partial charge on any atom is 0.225 e. The average molecular weight is 289 g/mol. The van der Waals surface area contributed by atoms with Crippen LogP contribution in [-0.2, 0) is 4.79 Å². The molecule has 0 aromatic carbocycles. The molecule has 0 heterocycles. The van der Waals surface area contributed by atoms with Crippen molar-refractivity contribution in [1.29, 1.82) is 0 Å². The van der Waals surface area contributed by atoms with Gasteiger partial charge in [0.05, 0.1) is 0 Å². The van der Waals surface area contributed by atoms with E-state index in [1.165, 1.54) is 30.4 Å². The van der Waals surface area contributed by atoms with E-state index < -0.39 is 0 Å². The summed E-state index contributed by atoms with van der Waals surface area (Å²) in [7, 11) is 0. The molecule has 118 valence electrons. The van der Waals surface area contributed by atoms with E-state index in [0.717, 1.165) is 25.9 Å². The Morgan fingerprint density at radius 1 is 1.33 bits per heavy atom. The standard InChI is InChI=1S/C19H31NO/c1-14(2)13-20(19(21)18-9-10-18)12-11-16(4)17-7-5-15(3)6-8-17/h5,11,14,17-18H,6-10,12-13H2,1-4H3/b16-11+. The molecule has 1 unspecified atom stereocenters. The number of allylic oxidation sites excluding steroid dienone is 3. The van der Waals surface area contributed by atoms with Crippen molar-refractivity contribution in [2.45, 2.75) is 59.8 Å². The predicted molar refractivity (Wildman–Crippen MR) is 89.0 cm³/mol. The summed E-state index contributed by atoms with van der Waals surface area (Å²) >= 11 is 0. The molecule has 0 aromatic rings. The highest BCUT2D eigenvalue weighted by Crippen LogP contribution is 2.32. The summed E-state index contributed by atoms with van der Waals surface area (Å²) in [6.07, 6.45) is 10.6. The lowest BCUT2D eigenvalue weighted by atomic mass is 9.85. The van der Waals surface area contributed by atoms with Gasteiger partial charge in [-0.25, -0.2) is 0 Å². The molecule has 2 nitrogen and oxygen atoms in total. The van der Waals surface area contributed by atoms with Crippen LogP contribution in [0.2, 0.25) is 0 Å². The minimum atomic E-state index is 0.331. The van der Waals surface area contributed by atoms with Gasteiger partial charge in [0.15, 0.2) is 0 Å². The summed E-state index contributed by atoms with van der Waals surface area (Å²) in [4.78, 5) is 14.4. The van der Waals surface area contributed by atoms with Gasteiger partial charge in [0.2, 0.25) is 5.91 Å². The van der Waals surface area contributed by atoms with Crippen molar-refractivity contribution in [1.82, 2.24) is 4.90 Å². The molecular weight excluding hydrogens is 258 g/mol. The molecule has 2 aliphatic rings. The van der Waals surface area contributed by atoms with Crippen molar-refractivity contribution < 1.29 is 4.79 Å². The van der Waals surface area contributed by atoms with Crippen LogP contribution in [0.25, 0.3) is 0 Å². The van der Waals surface area contributed by atoms with E-state index in [4.69, 9.17) is 0 Å². The average Bonchev–Trinajstić information content (AvgIpc) is 3.27. The van der Waals surface area contributed by atoms with Gasteiger partial charge in [0.1, 0.15) is 0 Å². The monoisotopic (exact) mass is 289 g/mol. The number of carbonyl (C=O) groups excluding carboxylic acids is 1. The van der Waals surface area contributed by atoms with Crippen molar-refractivity contribution in [3.8, 4) is 0 Å². The molecule has 1 saturated carbocycles. The summed E-state index contributed by atoms with van der Waals surface area (Å²) in [5.41, 5.74) is 3.00. The van der Waals surface area contributed by atoms with Crippen LogP contribution in [0.15, 0.2) is 23.3 Å². The molecule has 21 heavy (non-hydrogen) atoms. The second kappa shape index (κ2) is 7.29. The van der Waals surface area contributed by atoms with Crippen molar-refractivity contribution >= 4 is 5.91 Å². The number of hydrogen-bond acceptors (Lipinski definition) is 1. The fourth-order valence-corrected chi connectivity index (χ4v) is 3.08. The molecule has 0 bridgehead atoms. The normalized spacial score (nSPS) is 23.2.